The molecule has 176 valence electrons. The number of methoxy groups -OCH3 is 1. The standard InChI is InChI=1S/C24H29N3O5S/c1-26-10-9-15-12-16-20(32-13-31-16)21(30-2)17(15)19(26)18-22(28)25-24(33)27(23(18)29)11-8-14-6-4-3-5-7-14/h6,12,19,29H,3-5,7-11,13H2,1-2H3,(H,25,28,33)/p+1/t19-/m1/s1. The minimum atomic E-state index is -0.433. The molecule has 3 N–H and O–H groups in total. The Morgan fingerprint density at radius 2 is 2.15 bits per heavy atom. The number of aromatic amines is 1. The molecule has 3 aliphatic rings. The van der Waals surface area contributed by atoms with Gasteiger partial charge in [-0.2, -0.15) is 0 Å². The lowest BCUT2D eigenvalue weighted by molar-refractivity contribution is -0.908. The van der Waals surface area contributed by atoms with Gasteiger partial charge in [0.1, 0.15) is 5.56 Å². The van der Waals surface area contributed by atoms with Crippen molar-refractivity contribution in [2.24, 2.45) is 0 Å². The van der Waals surface area contributed by atoms with Crippen LogP contribution in [0.5, 0.6) is 23.1 Å². The lowest BCUT2D eigenvalue weighted by Gasteiger charge is -2.33. The normalized spacial score (nSPS) is 21.5. The van der Waals surface area contributed by atoms with E-state index in [1.54, 1.807) is 11.7 Å². The van der Waals surface area contributed by atoms with Gasteiger partial charge in [-0.25, -0.2) is 0 Å². The van der Waals surface area contributed by atoms with Gasteiger partial charge in [0.15, 0.2) is 22.3 Å². The van der Waals surface area contributed by atoms with Gasteiger partial charge in [-0.1, -0.05) is 11.6 Å². The monoisotopic (exact) mass is 472 g/mol. The van der Waals surface area contributed by atoms with Gasteiger partial charge in [-0.15, -0.1) is 0 Å². The Hall–Kier alpha value is -2.78. The molecule has 0 bridgehead atoms. The molecule has 0 saturated carbocycles. The Balaban J connectivity index is 1.62. The Morgan fingerprint density at radius 3 is 2.91 bits per heavy atom. The van der Waals surface area contributed by atoms with Gasteiger partial charge in [0.25, 0.3) is 5.56 Å². The molecule has 2 aliphatic heterocycles. The topological polar surface area (TPSA) is 90.2 Å². The molecule has 1 aliphatic carbocycles. The molecule has 33 heavy (non-hydrogen) atoms. The number of nitrogens with one attached hydrogen (secondary N) is 2. The molecule has 8 nitrogen and oxygen atoms in total. The van der Waals surface area contributed by atoms with Crippen molar-refractivity contribution in [1.82, 2.24) is 9.55 Å². The van der Waals surface area contributed by atoms with E-state index < -0.39 is 6.04 Å². The van der Waals surface area contributed by atoms with E-state index in [9.17, 15) is 9.90 Å². The van der Waals surface area contributed by atoms with E-state index in [0.29, 0.717) is 29.4 Å². The summed E-state index contributed by atoms with van der Waals surface area (Å²) in [5.41, 5.74) is 3.20. The molecule has 1 aromatic carbocycles. The van der Waals surface area contributed by atoms with E-state index in [1.165, 1.54) is 18.4 Å². The summed E-state index contributed by atoms with van der Waals surface area (Å²) in [4.78, 5) is 17.1. The fourth-order valence-electron chi connectivity index (χ4n) is 5.35. The van der Waals surface area contributed by atoms with Crippen molar-refractivity contribution in [2.75, 3.05) is 27.5 Å². The van der Waals surface area contributed by atoms with Gasteiger partial charge in [0, 0.05) is 13.0 Å². The molecule has 0 saturated heterocycles. The minimum Gasteiger partial charge on any atom is -0.494 e. The second-order valence-electron chi connectivity index (χ2n) is 9.00. The molecule has 1 unspecified atom stereocenters. The van der Waals surface area contributed by atoms with Crippen molar-refractivity contribution in [2.45, 2.75) is 51.1 Å². The Labute approximate surface area is 197 Å². The van der Waals surface area contributed by atoms with Crippen LogP contribution >= 0.6 is 12.2 Å². The average molecular weight is 473 g/mol. The van der Waals surface area contributed by atoms with Crippen LogP contribution in [0.1, 0.15) is 54.8 Å². The molecule has 1 aromatic heterocycles. The van der Waals surface area contributed by atoms with Gasteiger partial charge in [0.05, 0.1) is 26.3 Å². The molecule has 3 heterocycles. The van der Waals surface area contributed by atoms with Crippen LogP contribution in [0, 0.1) is 4.77 Å². The van der Waals surface area contributed by atoms with E-state index in [1.807, 2.05) is 13.1 Å². The highest BCUT2D eigenvalue weighted by Crippen LogP contribution is 2.48. The molecule has 2 atom stereocenters. The highest BCUT2D eigenvalue weighted by atomic mass is 32.1. The van der Waals surface area contributed by atoms with E-state index in [-0.39, 0.29) is 23.0 Å². The van der Waals surface area contributed by atoms with Crippen LogP contribution in [0.3, 0.4) is 0 Å². The smallest absolute Gasteiger partial charge is 0.265 e. The number of rotatable bonds is 5. The fourth-order valence-corrected chi connectivity index (χ4v) is 5.62. The first-order valence-corrected chi connectivity index (χ1v) is 12.0. The molecular weight excluding hydrogens is 442 g/mol. The quantitative estimate of drug-likeness (QED) is 0.457. The number of likely N-dealkylation sites (N-methyl/N-ethyl adjacent to an activating group) is 1. The molecular formula is C24H30N3O5S+. The van der Waals surface area contributed by atoms with Crippen molar-refractivity contribution in [1.29, 1.82) is 0 Å². The first-order chi connectivity index (χ1) is 16.0. The van der Waals surface area contributed by atoms with Crippen LogP contribution in [0.25, 0.3) is 0 Å². The maximum absolute atomic E-state index is 13.2. The lowest BCUT2D eigenvalue weighted by atomic mass is 9.87. The average Bonchev–Trinajstić information content (AvgIpc) is 3.27. The predicted octanol–water partition coefficient (Wildman–Crippen LogP) is 2.40. The van der Waals surface area contributed by atoms with E-state index in [4.69, 9.17) is 26.4 Å². The molecule has 0 fully saturated rings. The van der Waals surface area contributed by atoms with E-state index >= 15 is 0 Å². The van der Waals surface area contributed by atoms with Crippen molar-refractivity contribution in [3.8, 4) is 23.1 Å². The fraction of sp³-hybridized carbons (Fsp3) is 0.500. The largest absolute Gasteiger partial charge is 0.494 e. The molecule has 0 radical (unpaired) electrons. The number of allylic oxidation sites excluding steroid dienone is 2. The maximum Gasteiger partial charge on any atom is 0.265 e. The summed E-state index contributed by atoms with van der Waals surface area (Å²) in [6.07, 6.45) is 8.51. The Kier molecular flexibility index (Phi) is 5.92. The first kappa shape index (κ1) is 22.0. The van der Waals surface area contributed by atoms with Crippen molar-refractivity contribution < 1.29 is 24.2 Å². The van der Waals surface area contributed by atoms with Crippen molar-refractivity contribution in [3.63, 3.8) is 0 Å². The van der Waals surface area contributed by atoms with Crippen LogP contribution in [-0.4, -0.2) is 42.2 Å². The van der Waals surface area contributed by atoms with Crippen molar-refractivity contribution >= 4 is 12.2 Å². The molecule has 2 aromatic rings. The number of H-pyrrole nitrogens is 1. The maximum atomic E-state index is 13.2. The van der Waals surface area contributed by atoms with Crippen LogP contribution in [0.2, 0.25) is 0 Å². The van der Waals surface area contributed by atoms with Crippen LogP contribution in [0.15, 0.2) is 22.5 Å². The summed E-state index contributed by atoms with van der Waals surface area (Å²) >= 11 is 5.44. The van der Waals surface area contributed by atoms with Gasteiger partial charge in [0.2, 0.25) is 18.4 Å². The Morgan fingerprint density at radius 1 is 1.30 bits per heavy atom. The van der Waals surface area contributed by atoms with E-state index in [0.717, 1.165) is 48.3 Å². The summed E-state index contributed by atoms with van der Waals surface area (Å²) < 4.78 is 18.9. The van der Waals surface area contributed by atoms with Gasteiger partial charge >= 0.3 is 0 Å². The SMILES string of the molecule is COc1c2c(cc3c1[C@H](c1c(O)n(CCC4=CCCCC4)c(=S)[nH]c1=O)[NH+](C)CC3)OCO2. The van der Waals surface area contributed by atoms with Crippen LogP contribution in [0.4, 0.5) is 0 Å². The minimum absolute atomic E-state index is 0.0721. The lowest BCUT2D eigenvalue weighted by Crippen LogP contribution is -3.10. The van der Waals surface area contributed by atoms with Gasteiger partial charge < -0.3 is 24.2 Å². The number of hydrogen-bond donors (Lipinski definition) is 3. The van der Waals surface area contributed by atoms with Crippen LogP contribution < -0.4 is 24.7 Å². The molecule has 5 rings (SSSR count). The third-order valence-corrected chi connectivity index (χ3v) is 7.38. The highest BCUT2D eigenvalue weighted by Gasteiger charge is 2.40. The summed E-state index contributed by atoms with van der Waals surface area (Å²) in [6, 6.07) is 1.54. The number of quaternary nitrogens is 1. The third kappa shape index (κ3) is 3.83. The Bertz CT molecular complexity index is 1230. The molecule has 9 heteroatoms. The van der Waals surface area contributed by atoms with E-state index in [2.05, 4.69) is 11.1 Å². The number of fused-ring (bicyclic) bond motifs is 2. The summed E-state index contributed by atoms with van der Waals surface area (Å²) in [7, 11) is 3.61. The number of aromatic nitrogens is 2. The van der Waals surface area contributed by atoms with Gasteiger partial charge in [-0.3, -0.25) is 14.3 Å². The number of benzene rings is 1. The number of ether oxygens (including phenoxy) is 3. The van der Waals surface area contributed by atoms with Crippen LogP contribution in [-0.2, 0) is 13.0 Å². The highest BCUT2D eigenvalue weighted by molar-refractivity contribution is 7.71. The van der Waals surface area contributed by atoms with Crippen molar-refractivity contribution in [3.05, 3.63) is 49.5 Å². The second-order valence-corrected chi connectivity index (χ2v) is 9.39. The number of aromatic hydroxyl groups is 1. The van der Waals surface area contributed by atoms with Gasteiger partial charge in [-0.05, 0) is 56.0 Å². The molecule has 0 spiro atoms. The zero-order valence-corrected chi connectivity index (χ0v) is 19.8. The zero-order valence-electron chi connectivity index (χ0n) is 19.0. The second kappa shape index (κ2) is 8.87. The first-order valence-electron chi connectivity index (χ1n) is 11.5. The molecule has 0 amide bonds. The summed E-state index contributed by atoms with van der Waals surface area (Å²) in [6.45, 7) is 1.45. The number of nitrogens with zero attached hydrogens (tertiary/aromatic N) is 1. The summed E-state index contributed by atoms with van der Waals surface area (Å²) in [5, 5.41) is 11.4. The summed E-state index contributed by atoms with van der Waals surface area (Å²) in [5.74, 6) is 1.68. The predicted molar refractivity (Wildman–Crippen MR) is 125 cm³/mol. The zero-order chi connectivity index (χ0) is 23.1. The number of hydrogen-bond acceptors (Lipinski definition) is 6. The third-order valence-electron chi connectivity index (χ3n) is 7.05.